The van der Waals surface area contributed by atoms with Crippen LogP contribution in [0.3, 0.4) is 0 Å². The molecule has 1 saturated heterocycles. The molecule has 2 N–H and O–H groups in total. The van der Waals surface area contributed by atoms with Crippen LogP contribution in [0.4, 0.5) is 18.9 Å². The fourth-order valence-electron chi connectivity index (χ4n) is 2.92. The number of primary amides is 1. The fourth-order valence-corrected chi connectivity index (χ4v) is 2.92. The second kappa shape index (κ2) is 7.71. The van der Waals surface area contributed by atoms with Gasteiger partial charge in [0, 0.05) is 30.8 Å². The van der Waals surface area contributed by atoms with E-state index in [0.717, 1.165) is 0 Å². The van der Waals surface area contributed by atoms with Gasteiger partial charge in [0.1, 0.15) is 29.8 Å². The number of amides is 2. The van der Waals surface area contributed by atoms with Crippen LogP contribution >= 0.6 is 0 Å². The van der Waals surface area contributed by atoms with Crippen LogP contribution < -0.4 is 15.4 Å². The third kappa shape index (κ3) is 3.98. The SMILES string of the molecule is NC(=O)C(=O)C1CC(=O)N(c2ccc(OCc3c(F)cc(F)cc3F)cc2)C1. The molecule has 2 aromatic carbocycles. The Labute approximate surface area is 157 Å². The van der Waals surface area contributed by atoms with Crippen LogP contribution in [-0.4, -0.2) is 24.1 Å². The molecule has 2 aromatic rings. The van der Waals surface area contributed by atoms with Crippen molar-refractivity contribution in [2.24, 2.45) is 11.7 Å². The van der Waals surface area contributed by atoms with Crippen molar-refractivity contribution in [3.63, 3.8) is 0 Å². The van der Waals surface area contributed by atoms with E-state index in [4.69, 9.17) is 10.5 Å². The Morgan fingerprint density at radius 3 is 2.29 bits per heavy atom. The van der Waals surface area contributed by atoms with Crippen LogP contribution in [0, 0.1) is 23.4 Å². The topological polar surface area (TPSA) is 89.7 Å². The van der Waals surface area contributed by atoms with Gasteiger partial charge >= 0.3 is 0 Å². The minimum Gasteiger partial charge on any atom is -0.489 e. The third-order valence-electron chi connectivity index (χ3n) is 4.38. The molecule has 0 radical (unpaired) electrons. The van der Waals surface area contributed by atoms with Gasteiger partial charge in [0.2, 0.25) is 11.7 Å². The number of nitrogens with zero attached hydrogens (tertiary/aromatic N) is 1. The fraction of sp³-hybridized carbons (Fsp3) is 0.211. The van der Waals surface area contributed by atoms with Crippen molar-refractivity contribution in [3.8, 4) is 5.75 Å². The van der Waals surface area contributed by atoms with E-state index in [9.17, 15) is 27.6 Å². The van der Waals surface area contributed by atoms with Gasteiger partial charge in [0.05, 0.1) is 11.5 Å². The highest BCUT2D eigenvalue weighted by Gasteiger charge is 2.36. The molecule has 0 saturated carbocycles. The van der Waals surface area contributed by atoms with E-state index in [-0.39, 0.29) is 24.6 Å². The molecule has 9 heteroatoms. The summed E-state index contributed by atoms with van der Waals surface area (Å²) in [6.07, 6.45) is -0.108. The van der Waals surface area contributed by atoms with Crippen molar-refractivity contribution in [1.29, 1.82) is 0 Å². The molecule has 0 bridgehead atoms. The van der Waals surface area contributed by atoms with Gasteiger partial charge in [-0.2, -0.15) is 0 Å². The van der Waals surface area contributed by atoms with Gasteiger partial charge in [-0.1, -0.05) is 0 Å². The lowest BCUT2D eigenvalue weighted by Crippen LogP contribution is -2.32. The number of benzene rings is 2. The number of rotatable bonds is 6. The summed E-state index contributed by atoms with van der Waals surface area (Å²) in [6, 6.07) is 7.14. The van der Waals surface area contributed by atoms with E-state index in [1.165, 1.54) is 29.2 Å². The Morgan fingerprint density at radius 2 is 1.71 bits per heavy atom. The van der Waals surface area contributed by atoms with Crippen molar-refractivity contribution in [1.82, 2.24) is 0 Å². The maximum Gasteiger partial charge on any atom is 0.285 e. The van der Waals surface area contributed by atoms with Crippen LogP contribution in [0.5, 0.6) is 5.75 Å². The Bertz CT molecular complexity index is 924. The second-order valence-corrected chi connectivity index (χ2v) is 6.26. The average molecular weight is 392 g/mol. The zero-order valence-corrected chi connectivity index (χ0v) is 14.5. The number of anilines is 1. The number of ether oxygens (including phenoxy) is 1. The van der Waals surface area contributed by atoms with E-state index >= 15 is 0 Å². The van der Waals surface area contributed by atoms with Gasteiger partial charge in [-0.25, -0.2) is 13.2 Å². The third-order valence-corrected chi connectivity index (χ3v) is 4.38. The minimum atomic E-state index is -1.08. The standard InChI is InChI=1S/C19H15F3N2O4/c20-11-6-15(21)14(16(22)7-11)9-28-13-3-1-12(2-4-13)24-8-10(5-17(24)25)18(26)19(23)27/h1-4,6-7,10H,5,8-9H2,(H2,23,27). The summed E-state index contributed by atoms with van der Waals surface area (Å²) in [5.41, 5.74) is 5.03. The molecule has 146 valence electrons. The highest BCUT2D eigenvalue weighted by molar-refractivity contribution is 6.37. The monoisotopic (exact) mass is 392 g/mol. The summed E-state index contributed by atoms with van der Waals surface area (Å²) >= 11 is 0. The minimum absolute atomic E-state index is 0.0345. The summed E-state index contributed by atoms with van der Waals surface area (Å²) in [4.78, 5) is 36.1. The normalized spacial score (nSPS) is 16.3. The van der Waals surface area contributed by atoms with E-state index in [1.54, 1.807) is 0 Å². The predicted molar refractivity (Wildman–Crippen MR) is 91.8 cm³/mol. The first-order valence-electron chi connectivity index (χ1n) is 8.26. The summed E-state index contributed by atoms with van der Waals surface area (Å²) in [7, 11) is 0. The molecule has 1 atom stereocenters. The van der Waals surface area contributed by atoms with Crippen molar-refractivity contribution in [2.45, 2.75) is 13.0 Å². The smallest absolute Gasteiger partial charge is 0.285 e. The lowest BCUT2D eigenvalue weighted by Gasteiger charge is -2.17. The van der Waals surface area contributed by atoms with Gasteiger partial charge in [-0.15, -0.1) is 0 Å². The summed E-state index contributed by atoms with van der Waals surface area (Å²) in [5, 5.41) is 0. The van der Waals surface area contributed by atoms with Gasteiger partial charge in [-0.3, -0.25) is 14.4 Å². The van der Waals surface area contributed by atoms with Crippen molar-refractivity contribution < 1.29 is 32.3 Å². The Hall–Kier alpha value is -3.36. The Kier molecular flexibility index (Phi) is 5.34. The number of nitrogens with two attached hydrogens (primary N) is 1. The molecular formula is C19H15F3N2O4. The van der Waals surface area contributed by atoms with E-state index in [1.807, 2.05) is 0 Å². The molecule has 1 unspecified atom stereocenters. The number of carbonyl (C=O) groups is 3. The van der Waals surface area contributed by atoms with Crippen molar-refractivity contribution in [2.75, 3.05) is 11.4 Å². The zero-order valence-electron chi connectivity index (χ0n) is 14.5. The van der Waals surface area contributed by atoms with Crippen LogP contribution in [0.1, 0.15) is 12.0 Å². The predicted octanol–water partition coefficient (Wildman–Crippen LogP) is 2.09. The Morgan fingerprint density at radius 1 is 1.11 bits per heavy atom. The lowest BCUT2D eigenvalue weighted by molar-refractivity contribution is -0.138. The number of halogens is 3. The van der Waals surface area contributed by atoms with Crippen molar-refractivity contribution in [3.05, 3.63) is 59.4 Å². The molecule has 1 heterocycles. The molecule has 1 fully saturated rings. The maximum absolute atomic E-state index is 13.6. The number of hydrogen-bond acceptors (Lipinski definition) is 4. The molecule has 28 heavy (non-hydrogen) atoms. The van der Waals surface area contributed by atoms with Crippen LogP contribution in [-0.2, 0) is 21.0 Å². The van der Waals surface area contributed by atoms with Crippen LogP contribution in [0.15, 0.2) is 36.4 Å². The molecular weight excluding hydrogens is 377 g/mol. The van der Waals surface area contributed by atoms with Gasteiger partial charge in [-0.05, 0) is 24.3 Å². The van der Waals surface area contributed by atoms with E-state index in [0.29, 0.717) is 17.8 Å². The highest BCUT2D eigenvalue weighted by Crippen LogP contribution is 2.28. The lowest BCUT2D eigenvalue weighted by atomic mass is 10.0. The summed E-state index contributed by atoms with van der Waals surface area (Å²) in [6.45, 7) is -0.415. The largest absolute Gasteiger partial charge is 0.489 e. The van der Waals surface area contributed by atoms with E-state index in [2.05, 4.69) is 0 Å². The van der Waals surface area contributed by atoms with Gasteiger partial charge < -0.3 is 15.4 Å². The highest BCUT2D eigenvalue weighted by atomic mass is 19.1. The molecule has 2 amide bonds. The molecule has 0 aromatic heterocycles. The molecule has 6 nitrogen and oxygen atoms in total. The summed E-state index contributed by atoms with van der Waals surface area (Å²) < 4.78 is 45.5. The molecule has 3 rings (SSSR count). The molecule has 1 aliphatic rings. The average Bonchev–Trinajstić information content (AvgIpc) is 3.02. The van der Waals surface area contributed by atoms with Gasteiger partial charge in [0.15, 0.2) is 0 Å². The van der Waals surface area contributed by atoms with Crippen LogP contribution in [0.2, 0.25) is 0 Å². The number of Topliss-reactive ketones (excluding diaryl/α,β-unsaturated/α-hetero) is 1. The first-order valence-corrected chi connectivity index (χ1v) is 8.26. The number of hydrogen-bond donors (Lipinski definition) is 1. The molecule has 1 aliphatic heterocycles. The number of ketones is 1. The van der Waals surface area contributed by atoms with Gasteiger partial charge in [0.25, 0.3) is 5.91 Å². The van der Waals surface area contributed by atoms with Crippen molar-refractivity contribution >= 4 is 23.3 Å². The zero-order chi connectivity index (χ0) is 20.4. The second-order valence-electron chi connectivity index (χ2n) is 6.26. The quantitative estimate of drug-likeness (QED) is 0.763. The first-order chi connectivity index (χ1) is 13.3. The van der Waals surface area contributed by atoms with Crippen LogP contribution in [0.25, 0.3) is 0 Å². The van der Waals surface area contributed by atoms with E-state index < -0.39 is 47.2 Å². The number of carbonyl (C=O) groups excluding carboxylic acids is 3. The first kappa shape index (κ1) is 19.4. The molecule has 0 aliphatic carbocycles. The maximum atomic E-state index is 13.6. The Balaban J connectivity index is 1.67. The molecule has 0 spiro atoms. The summed E-state index contributed by atoms with van der Waals surface area (Å²) in [5.74, 6) is -5.85.